The maximum atomic E-state index is 11.9. The molecule has 3 aliphatic rings. The number of aromatic nitrogens is 1. The zero-order valence-corrected chi connectivity index (χ0v) is 21.0. The molecule has 186 valence electrons. The molecule has 6 rings (SSSR count). The summed E-state index contributed by atoms with van der Waals surface area (Å²) < 4.78 is 18.9. The highest BCUT2D eigenvalue weighted by molar-refractivity contribution is 7.07. The Morgan fingerprint density at radius 3 is 2.67 bits per heavy atom. The number of anilines is 1. The maximum absolute atomic E-state index is 11.9. The van der Waals surface area contributed by atoms with E-state index in [-0.39, 0.29) is 12.5 Å². The van der Waals surface area contributed by atoms with Gasteiger partial charge in [0.2, 0.25) is 4.80 Å². The molecule has 9 heteroatoms. The molecular weight excluding hydrogens is 476 g/mol. The van der Waals surface area contributed by atoms with E-state index in [9.17, 15) is 4.79 Å². The molecule has 1 aromatic heterocycles. The molecule has 0 bridgehead atoms. The molecule has 8 nitrogen and oxygen atoms in total. The Morgan fingerprint density at radius 1 is 1.00 bits per heavy atom. The highest BCUT2D eigenvalue weighted by Gasteiger charge is 2.19. The summed E-state index contributed by atoms with van der Waals surface area (Å²) in [6.07, 6.45) is 5.94. The van der Waals surface area contributed by atoms with Gasteiger partial charge in [-0.3, -0.25) is 9.79 Å². The molecule has 1 fully saturated rings. The molecule has 0 spiro atoms. The van der Waals surface area contributed by atoms with E-state index in [1.807, 2.05) is 48.0 Å². The zero-order chi connectivity index (χ0) is 24.5. The van der Waals surface area contributed by atoms with Crippen LogP contribution in [0.1, 0.15) is 44.6 Å². The molecule has 1 amide bonds. The standard InChI is InChI=1S/C27H28N4O4S/c1-17(18-7-10-24-25(14-18)34-12-11-33-24)30-31-22(16-36-27(31)28-20-5-3-2-4-6-20)19-8-9-23-21(13-19)29-26(32)15-35-23/h7-10,13-14,16,20H,2-6,11-12,15H2,1H3,(H,29,32). The van der Waals surface area contributed by atoms with Crippen LogP contribution >= 0.6 is 11.3 Å². The monoisotopic (exact) mass is 504 g/mol. The molecule has 0 atom stereocenters. The van der Waals surface area contributed by atoms with Gasteiger partial charge in [0, 0.05) is 16.5 Å². The first-order valence-electron chi connectivity index (χ1n) is 12.4. The molecule has 3 heterocycles. The third-order valence-corrected chi connectivity index (χ3v) is 7.50. The van der Waals surface area contributed by atoms with Crippen LogP contribution in [-0.2, 0) is 4.79 Å². The summed E-state index contributed by atoms with van der Waals surface area (Å²) in [6.45, 7) is 3.13. The predicted octanol–water partition coefficient (Wildman–Crippen LogP) is 4.82. The highest BCUT2D eigenvalue weighted by Crippen LogP contribution is 2.34. The highest BCUT2D eigenvalue weighted by atomic mass is 32.1. The Hall–Kier alpha value is -3.59. The van der Waals surface area contributed by atoms with Gasteiger partial charge in [-0.25, -0.2) is 4.68 Å². The molecule has 0 radical (unpaired) electrons. The van der Waals surface area contributed by atoms with Gasteiger partial charge in [0.25, 0.3) is 5.91 Å². The number of benzene rings is 2. The van der Waals surface area contributed by atoms with Crippen molar-refractivity contribution >= 4 is 28.6 Å². The van der Waals surface area contributed by atoms with Crippen LogP contribution in [0, 0.1) is 0 Å². The van der Waals surface area contributed by atoms with Gasteiger partial charge in [0.05, 0.1) is 23.1 Å². The van der Waals surface area contributed by atoms with Crippen LogP contribution in [0.25, 0.3) is 11.3 Å². The topological polar surface area (TPSA) is 86.4 Å². The zero-order valence-electron chi connectivity index (χ0n) is 20.2. The summed E-state index contributed by atoms with van der Waals surface area (Å²) in [5, 5.41) is 10.0. The molecule has 2 aliphatic heterocycles. The Morgan fingerprint density at radius 2 is 1.81 bits per heavy atom. The molecule has 1 N–H and O–H groups in total. The quantitative estimate of drug-likeness (QED) is 0.516. The normalized spacial score (nSPS) is 18.4. The molecular formula is C27H28N4O4S. The van der Waals surface area contributed by atoms with E-state index in [2.05, 4.69) is 10.7 Å². The minimum Gasteiger partial charge on any atom is -0.486 e. The lowest BCUT2D eigenvalue weighted by atomic mass is 9.96. The number of carbonyl (C=O) groups is 1. The summed E-state index contributed by atoms with van der Waals surface area (Å²) in [5.41, 5.74) is 4.30. The van der Waals surface area contributed by atoms with Crippen molar-refractivity contribution in [3.8, 4) is 28.5 Å². The third kappa shape index (κ3) is 4.63. The van der Waals surface area contributed by atoms with Gasteiger partial charge in [-0.05, 0) is 56.2 Å². The van der Waals surface area contributed by atoms with Crippen molar-refractivity contribution in [2.75, 3.05) is 25.1 Å². The fourth-order valence-corrected chi connectivity index (χ4v) is 5.67. The number of nitrogens with zero attached hydrogens (tertiary/aromatic N) is 3. The second-order valence-electron chi connectivity index (χ2n) is 9.23. The number of nitrogens with one attached hydrogen (secondary N) is 1. The van der Waals surface area contributed by atoms with Crippen LogP contribution in [-0.4, -0.2) is 42.2 Å². The van der Waals surface area contributed by atoms with Crippen LogP contribution in [0.15, 0.2) is 51.9 Å². The lowest BCUT2D eigenvalue weighted by Gasteiger charge is -2.19. The van der Waals surface area contributed by atoms with Crippen LogP contribution in [0.2, 0.25) is 0 Å². The summed E-state index contributed by atoms with van der Waals surface area (Å²) in [7, 11) is 0. The van der Waals surface area contributed by atoms with E-state index in [1.54, 1.807) is 11.3 Å². The van der Waals surface area contributed by atoms with E-state index < -0.39 is 0 Å². The van der Waals surface area contributed by atoms with E-state index in [0.717, 1.165) is 51.7 Å². The first kappa shape index (κ1) is 22.8. The number of fused-ring (bicyclic) bond motifs is 2. The fourth-order valence-electron chi connectivity index (χ4n) is 4.77. The van der Waals surface area contributed by atoms with E-state index in [0.29, 0.717) is 30.7 Å². The molecule has 3 aromatic rings. The van der Waals surface area contributed by atoms with Gasteiger partial charge < -0.3 is 19.5 Å². The minimum absolute atomic E-state index is 0.0359. The lowest BCUT2D eigenvalue weighted by Crippen LogP contribution is -2.25. The number of hydrogen-bond acceptors (Lipinski definition) is 7. The summed E-state index contributed by atoms with van der Waals surface area (Å²) in [4.78, 5) is 17.9. The summed E-state index contributed by atoms with van der Waals surface area (Å²) >= 11 is 1.59. The number of ether oxygens (including phenoxy) is 3. The van der Waals surface area contributed by atoms with E-state index in [1.165, 1.54) is 19.3 Å². The Labute approximate surface area is 213 Å². The fraction of sp³-hybridized carbons (Fsp3) is 0.370. The summed E-state index contributed by atoms with van der Waals surface area (Å²) in [6, 6.07) is 12.0. The SMILES string of the molecule is CC(=Nn1c(-c2ccc3c(c2)NC(=O)CO3)csc1=NC1CCCCC1)c1ccc2c(c1)OCCO2. The lowest BCUT2D eigenvalue weighted by molar-refractivity contribution is -0.118. The van der Waals surface area contributed by atoms with Gasteiger partial charge in [-0.15, -0.1) is 11.3 Å². The van der Waals surface area contributed by atoms with Gasteiger partial charge in [-0.1, -0.05) is 19.3 Å². The van der Waals surface area contributed by atoms with Crippen molar-refractivity contribution < 1.29 is 19.0 Å². The third-order valence-electron chi connectivity index (χ3n) is 6.67. The second-order valence-corrected chi connectivity index (χ2v) is 10.1. The molecule has 0 unspecified atom stereocenters. The molecule has 1 aliphatic carbocycles. The van der Waals surface area contributed by atoms with Gasteiger partial charge in [0.1, 0.15) is 19.0 Å². The van der Waals surface area contributed by atoms with Crippen LogP contribution in [0.4, 0.5) is 5.69 Å². The van der Waals surface area contributed by atoms with Gasteiger partial charge >= 0.3 is 0 Å². The molecule has 2 aromatic carbocycles. The average Bonchev–Trinajstić information content (AvgIpc) is 3.30. The van der Waals surface area contributed by atoms with Crippen molar-refractivity contribution in [2.24, 2.45) is 10.1 Å². The number of hydrogen-bond donors (Lipinski definition) is 1. The number of amides is 1. The minimum atomic E-state index is -0.154. The van der Waals surface area contributed by atoms with Crippen LogP contribution < -0.4 is 24.3 Å². The maximum Gasteiger partial charge on any atom is 0.262 e. The van der Waals surface area contributed by atoms with Crippen molar-refractivity contribution in [2.45, 2.75) is 45.1 Å². The van der Waals surface area contributed by atoms with Crippen molar-refractivity contribution in [1.82, 2.24) is 4.68 Å². The Balaban J connectivity index is 1.43. The predicted molar refractivity (Wildman–Crippen MR) is 139 cm³/mol. The number of carbonyl (C=O) groups excluding carboxylic acids is 1. The molecule has 0 saturated heterocycles. The van der Waals surface area contributed by atoms with E-state index in [4.69, 9.17) is 24.3 Å². The Kier molecular flexibility index (Phi) is 6.23. The van der Waals surface area contributed by atoms with Crippen LogP contribution in [0.5, 0.6) is 17.2 Å². The van der Waals surface area contributed by atoms with Crippen LogP contribution in [0.3, 0.4) is 0 Å². The summed E-state index contributed by atoms with van der Waals surface area (Å²) in [5.74, 6) is 2.01. The van der Waals surface area contributed by atoms with E-state index >= 15 is 0 Å². The number of thiazole rings is 1. The largest absolute Gasteiger partial charge is 0.486 e. The first-order valence-corrected chi connectivity index (χ1v) is 13.3. The molecule has 1 saturated carbocycles. The van der Waals surface area contributed by atoms with Gasteiger partial charge in [-0.2, -0.15) is 5.10 Å². The van der Waals surface area contributed by atoms with Crippen molar-refractivity contribution in [3.05, 3.63) is 52.1 Å². The smallest absolute Gasteiger partial charge is 0.262 e. The Bertz CT molecular complexity index is 1400. The first-order chi connectivity index (χ1) is 17.6. The number of rotatable bonds is 4. The average molecular weight is 505 g/mol. The van der Waals surface area contributed by atoms with Crippen molar-refractivity contribution in [1.29, 1.82) is 0 Å². The second kappa shape index (κ2) is 9.81. The molecule has 36 heavy (non-hydrogen) atoms. The van der Waals surface area contributed by atoms with Gasteiger partial charge in [0.15, 0.2) is 18.1 Å². The van der Waals surface area contributed by atoms with Crippen molar-refractivity contribution in [3.63, 3.8) is 0 Å².